The molecule has 0 saturated carbocycles. The number of carbonyl (C=O) groups excluding carboxylic acids is 2. The molecule has 0 spiro atoms. The van der Waals surface area contributed by atoms with Crippen LogP contribution in [0.25, 0.3) is 0 Å². The number of esters is 1. The van der Waals surface area contributed by atoms with Crippen molar-refractivity contribution >= 4 is 11.9 Å². The molecule has 2 atom stereocenters. The molecule has 2 rings (SSSR count). The van der Waals surface area contributed by atoms with E-state index < -0.39 is 5.41 Å². The summed E-state index contributed by atoms with van der Waals surface area (Å²) in [6.07, 6.45) is 4.41. The highest BCUT2D eigenvalue weighted by Crippen LogP contribution is 2.38. The minimum atomic E-state index is -0.428. The molecule has 2 saturated heterocycles. The summed E-state index contributed by atoms with van der Waals surface area (Å²) in [5, 5.41) is 0. The molecule has 0 unspecified atom stereocenters. The standard InChI is InChI=1S/C15H25NO4/c1-3-15(7-6-13(17)20-10-8-15)14(18)16-9-4-5-12(16)11-19-2/h12H,3-11H2,1-2H3/t12-,15-/m0/s1. The van der Waals surface area contributed by atoms with E-state index in [9.17, 15) is 9.59 Å². The SMILES string of the molecule is CC[C@@]1(C(=O)N2CCC[C@H]2COC)CCOC(=O)CC1. The number of ether oxygens (including phenoxy) is 2. The van der Waals surface area contributed by atoms with Crippen molar-refractivity contribution in [2.75, 3.05) is 26.9 Å². The van der Waals surface area contributed by atoms with E-state index in [-0.39, 0.29) is 17.9 Å². The number of nitrogens with zero attached hydrogens (tertiary/aromatic N) is 1. The third-order valence-corrected chi connectivity index (χ3v) is 4.78. The van der Waals surface area contributed by atoms with E-state index in [4.69, 9.17) is 9.47 Å². The first-order chi connectivity index (χ1) is 9.63. The Bertz CT molecular complexity index is 371. The van der Waals surface area contributed by atoms with Gasteiger partial charge in [-0.2, -0.15) is 0 Å². The summed E-state index contributed by atoms with van der Waals surface area (Å²) in [6, 6.07) is 0.191. The fourth-order valence-corrected chi connectivity index (χ4v) is 3.39. The third-order valence-electron chi connectivity index (χ3n) is 4.78. The van der Waals surface area contributed by atoms with Gasteiger partial charge in [0.15, 0.2) is 0 Å². The number of rotatable bonds is 4. The number of hydrogen-bond acceptors (Lipinski definition) is 4. The van der Waals surface area contributed by atoms with Gasteiger partial charge >= 0.3 is 5.97 Å². The minimum absolute atomic E-state index is 0.178. The second kappa shape index (κ2) is 6.57. The molecule has 0 aromatic heterocycles. The first-order valence-electron chi connectivity index (χ1n) is 7.58. The Balaban J connectivity index is 2.13. The van der Waals surface area contributed by atoms with Gasteiger partial charge in [0.2, 0.25) is 5.91 Å². The van der Waals surface area contributed by atoms with Gasteiger partial charge in [0.25, 0.3) is 0 Å². The molecule has 2 aliphatic heterocycles. The second-order valence-corrected chi connectivity index (χ2v) is 5.85. The zero-order valence-electron chi connectivity index (χ0n) is 12.5. The Morgan fingerprint density at radius 3 is 3.00 bits per heavy atom. The summed E-state index contributed by atoms with van der Waals surface area (Å²) in [4.78, 5) is 26.4. The van der Waals surface area contributed by atoms with E-state index in [1.807, 2.05) is 11.8 Å². The van der Waals surface area contributed by atoms with Crippen LogP contribution in [0.3, 0.4) is 0 Å². The maximum atomic E-state index is 13.0. The summed E-state index contributed by atoms with van der Waals surface area (Å²) in [5.74, 6) is 0.0147. The summed E-state index contributed by atoms with van der Waals surface area (Å²) in [6.45, 7) is 3.81. The van der Waals surface area contributed by atoms with Gasteiger partial charge < -0.3 is 14.4 Å². The van der Waals surface area contributed by atoms with Crippen molar-refractivity contribution < 1.29 is 19.1 Å². The molecule has 0 aliphatic carbocycles. The molecule has 0 aromatic rings. The topological polar surface area (TPSA) is 55.8 Å². The van der Waals surface area contributed by atoms with Gasteiger partial charge in [0.05, 0.1) is 24.7 Å². The molecule has 5 heteroatoms. The van der Waals surface area contributed by atoms with E-state index in [0.717, 1.165) is 25.8 Å². The molecular formula is C15H25NO4. The highest BCUT2D eigenvalue weighted by Gasteiger charge is 2.44. The predicted octanol–water partition coefficient (Wildman–Crippen LogP) is 1.75. The average Bonchev–Trinajstić information content (AvgIpc) is 2.81. The van der Waals surface area contributed by atoms with Crippen molar-refractivity contribution in [1.29, 1.82) is 0 Å². The molecule has 2 heterocycles. The van der Waals surface area contributed by atoms with E-state index in [0.29, 0.717) is 32.5 Å². The lowest BCUT2D eigenvalue weighted by molar-refractivity contribution is -0.145. The van der Waals surface area contributed by atoms with Crippen LogP contribution in [0, 0.1) is 5.41 Å². The van der Waals surface area contributed by atoms with Gasteiger partial charge in [-0.3, -0.25) is 9.59 Å². The molecule has 1 amide bonds. The van der Waals surface area contributed by atoms with E-state index >= 15 is 0 Å². The number of methoxy groups -OCH3 is 1. The van der Waals surface area contributed by atoms with Crippen molar-refractivity contribution in [3.05, 3.63) is 0 Å². The average molecular weight is 283 g/mol. The number of hydrogen-bond donors (Lipinski definition) is 0. The molecule has 2 aliphatic rings. The van der Waals surface area contributed by atoms with Crippen molar-refractivity contribution in [3.63, 3.8) is 0 Å². The summed E-state index contributed by atoms with van der Waals surface area (Å²) in [7, 11) is 1.68. The van der Waals surface area contributed by atoms with E-state index in [2.05, 4.69) is 0 Å². The second-order valence-electron chi connectivity index (χ2n) is 5.85. The van der Waals surface area contributed by atoms with Crippen molar-refractivity contribution in [3.8, 4) is 0 Å². The molecule has 0 N–H and O–H groups in total. The fraction of sp³-hybridized carbons (Fsp3) is 0.867. The van der Waals surface area contributed by atoms with Crippen molar-refractivity contribution in [2.24, 2.45) is 5.41 Å². The van der Waals surface area contributed by atoms with Crippen LogP contribution in [-0.2, 0) is 19.1 Å². The zero-order valence-corrected chi connectivity index (χ0v) is 12.5. The van der Waals surface area contributed by atoms with Crippen LogP contribution in [0.1, 0.15) is 45.4 Å². The number of cyclic esters (lactones) is 1. The van der Waals surface area contributed by atoms with Crippen LogP contribution in [0.4, 0.5) is 0 Å². The Kier molecular flexibility index (Phi) is 5.02. The Morgan fingerprint density at radius 1 is 1.50 bits per heavy atom. The third kappa shape index (κ3) is 2.97. The quantitative estimate of drug-likeness (QED) is 0.738. The van der Waals surface area contributed by atoms with Gasteiger partial charge in [-0.1, -0.05) is 6.92 Å². The summed E-state index contributed by atoms with van der Waals surface area (Å²) >= 11 is 0. The first kappa shape index (κ1) is 15.3. The summed E-state index contributed by atoms with van der Waals surface area (Å²) in [5.41, 5.74) is -0.428. The van der Waals surface area contributed by atoms with Gasteiger partial charge in [0, 0.05) is 20.1 Å². The van der Waals surface area contributed by atoms with Gasteiger partial charge in [0.1, 0.15) is 0 Å². The molecule has 114 valence electrons. The normalized spacial score (nSPS) is 31.0. The fourth-order valence-electron chi connectivity index (χ4n) is 3.39. The number of amides is 1. The van der Waals surface area contributed by atoms with Crippen LogP contribution >= 0.6 is 0 Å². The van der Waals surface area contributed by atoms with Crippen LogP contribution in [0.2, 0.25) is 0 Å². The Hall–Kier alpha value is -1.10. The van der Waals surface area contributed by atoms with Crippen molar-refractivity contribution in [2.45, 2.75) is 51.5 Å². The first-order valence-corrected chi connectivity index (χ1v) is 7.58. The van der Waals surface area contributed by atoms with Crippen LogP contribution < -0.4 is 0 Å². The number of carbonyl (C=O) groups is 2. The summed E-state index contributed by atoms with van der Waals surface area (Å²) < 4.78 is 10.3. The molecule has 20 heavy (non-hydrogen) atoms. The van der Waals surface area contributed by atoms with Gasteiger partial charge in [-0.05, 0) is 32.1 Å². The maximum absolute atomic E-state index is 13.0. The lowest BCUT2D eigenvalue weighted by atomic mass is 9.76. The Morgan fingerprint density at radius 2 is 2.30 bits per heavy atom. The van der Waals surface area contributed by atoms with Gasteiger partial charge in [-0.15, -0.1) is 0 Å². The maximum Gasteiger partial charge on any atom is 0.305 e. The van der Waals surface area contributed by atoms with Crippen LogP contribution in [-0.4, -0.2) is 49.7 Å². The lowest BCUT2D eigenvalue weighted by Crippen LogP contribution is -2.47. The van der Waals surface area contributed by atoms with E-state index in [1.165, 1.54) is 0 Å². The number of likely N-dealkylation sites (tertiary alicyclic amines) is 1. The molecule has 0 aromatic carbocycles. The zero-order chi connectivity index (χ0) is 14.6. The van der Waals surface area contributed by atoms with E-state index in [1.54, 1.807) is 7.11 Å². The highest BCUT2D eigenvalue weighted by atomic mass is 16.5. The molecular weight excluding hydrogens is 258 g/mol. The molecule has 0 bridgehead atoms. The predicted molar refractivity (Wildman–Crippen MR) is 74.1 cm³/mol. The minimum Gasteiger partial charge on any atom is -0.466 e. The lowest BCUT2D eigenvalue weighted by Gasteiger charge is -2.36. The van der Waals surface area contributed by atoms with Crippen LogP contribution in [0.5, 0.6) is 0 Å². The van der Waals surface area contributed by atoms with Crippen molar-refractivity contribution in [1.82, 2.24) is 4.90 Å². The molecule has 2 fully saturated rings. The molecule has 0 radical (unpaired) electrons. The van der Waals surface area contributed by atoms with Crippen LogP contribution in [0.15, 0.2) is 0 Å². The Labute approximate surface area is 120 Å². The largest absolute Gasteiger partial charge is 0.466 e. The monoisotopic (exact) mass is 283 g/mol. The molecule has 5 nitrogen and oxygen atoms in total. The van der Waals surface area contributed by atoms with Gasteiger partial charge in [-0.25, -0.2) is 0 Å². The highest BCUT2D eigenvalue weighted by molar-refractivity contribution is 5.84. The smallest absolute Gasteiger partial charge is 0.305 e.